The quantitative estimate of drug-likeness (QED) is 0.329. The number of aromatic nitrogens is 4. The van der Waals surface area contributed by atoms with E-state index in [1.807, 2.05) is 18.2 Å². The van der Waals surface area contributed by atoms with Crippen LogP contribution in [0.1, 0.15) is 48.8 Å². The van der Waals surface area contributed by atoms with Gasteiger partial charge in [-0.05, 0) is 59.7 Å². The number of carbonyl (C=O) groups excluding carboxylic acids is 1. The fourth-order valence-electron chi connectivity index (χ4n) is 2.82. The minimum atomic E-state index is -0.236. The number of hydrogen-bond donors (Lipinski definition) is 2. The molecule has 0 aliphatic carbocycles. The largest absolute Gasteiger partial charge is 0.490 e. The predicted octanol–water partition coefficient (Wildman–Crippen LogP) is 4.55. The Morgan fingerprint density at radius 2 is 1.90 bits per heavy atom. The first-order chi connectivity index (χ1) is 15.3. The minimum Gasteiger partial charge on any atom is -0.490 e. The van der Waals surface area contributed by atoms with E-state index in [1.54, 1.807) is 36.4 Å². The SMILES string of the molecule is CCCCC/C=C/COc1ccc(C(=O)Nc2ccccc2OCc2nnn[nH]2)cc1. The van der Waals surface area contributed by atoms with Gasteiger partial charge in [-0.2, -0.15) is 0 Å². The number of hydrogen-bond acceptors (Lipinski definition) is 6. The molecule has 0 aliphatic heterocycles. The molecule has 0 saturated heterocycles. The number of tetrazole rings is 1. The molecule has 3 rings (SSSR count). The van der Waals surface area contributed by atoms with Crippen molar-refractivity contribution < 1.29 is 14.3 Å². The second kappa shape index (κ2) is 12.1. The van der Waals surface area contributed by atoms with Gasteiger partial charge in [0.1, 0.15) is 24.7 Å². The average Bonchev–Trinajstić information content (AvgIpc) is 3.32. The Labute approximate surface area is 181 Å². The van der Waals surface area contributed by atoms with Crippen molar-refractivity contribution in [3.8, 4) is 11.5 Å². The van der Waals surface area contributed by atoms with Crippen LogP contribution in [-0.2, 0) is 6.61 Å². The first kappa shape index (κ1) is 22.0. The summed E-state index contributed by atoms with van der Waals surface area (Å²) in [6.07, 6.45) is 8.95. The highest BCUT2D eigenvalue weighted by molar-refractivity contribution is 6.05. The van der Waals surface area contributed by atoms with E-state index in [-0.39, 0.29) is 12.5 Å². The Bertz CT molecular complexity index is 956. The molecule has 0 saturated carbocycles. The molecule has 8 nitrogen and oxygen atoms in total. The fourth-order valence-corrected chi connectivity index (χ4v) is 2.82. The van der Waals surface area contributed by atoms with E-state index >= 15 is 0 Å². The molecule has 3 aromatic rings. The predicted molar refractivity (Wildman–Crippen MR) is 118 cm³/mol. The molecule has 0 unspecified atom stereocenters. The number of unbranched alkanes of at least 4 members (excludes halogenated alkanes) is 3. The number of benzene rings is 2. The Kier molecular flexibility index (Phi) is 8.60. The Morgan fingerprint density at radius 1 is 1.06 bits per heavy atom. The van der Waals surface area contributed by atoms with Crippen LogP contribution in [0.3, 0.4) is 0 Å². The highest BCUT2D eigenvalue weighted by atomic mass is 16.5. The highest BCUT2D eigenvalue weighted by Gasteiger charge is 2.11. The highest BCUT2D eigenvalue weighted by Crippen LogP contribution is 2.25. The maximum atomic E-state index is 12.6. The summed E-state index contributed by atoms with van der Waals surface area (Å²) in [6.45, 7) is 2.88. The van der Waals surface area contributed by atoms with Crippen LogP contribution in [0, 0.1) is 0 Å². The van der Waals surface area contributed by atoms with E-state index in [0.717, 1.165) is 12.2 Å². The van der Waals surface area contributed by atoms with Gasteiger partial charge in [-0.15, -0.1) is 5.10 Å². The molecule has 1 heterocycles. The molecule has 162 valence electrons. The second-order valence-electron chi connectivity index (χ2n) is 6.89. The summed E-state index contributed by atoms with van der Waals surface area (Å²) < 4.78 is 11.4. The second-order valence-corrected chi connectivity index (χ2v) is 6.89. The standard InChI is InChI=1S/C23H27N5O3/c1-2-3-4-5-6-9-16-30-19-14-12-18(13-15-19)23(29)24-20-10-7-8-11-21(20)31-17-22-25-27-28-26-22/h6-15H,2-5,16-17H2,1H3,(H,24,29)(H,25,26,27,28)/b9-6+. The summed E-state index contributed by atoms with van der Waals surface area (Å²) in [6, 6.07) is 14.2. The van der Waals surface area contributed by atoms with Crippen LogP contribution in [-0.4, -0.2) is 33.1 Å². The lowest BCUT2D eigenvalue weighted by Crippen LogP contribution is -2.13. The van der Waals surface area contributed by atoms with Gasteiger partial charge >= 0.3 is 0 Å². The summed E-state index contributed by atoms with van der Waals surface area (Å²) in [5.74, 6) is 1.50. The van der Waals surface area contributed by atoms with Gasteiger partial charge in [-0.1, -0.05) is 44.1 Å². The van der Waals surface area contributed by atoms with Gasteiger partial charge in [0, 0.05) is 5.56 Å². The number of aromatic amines is 1. The lowest BCUT2D eigenvalue weighted by Gasteiger charge is -2.12. The molecule has 1 aromatic heterocycles. The average molecular weight is 422 g/mol. The van der Waals surface area contributed by atoms with E-state index < -0.39 is 0 Å². The summed E-state index contributed by atoms with van der Waals surface area (Å²) >= 11 is 0. The van der Waals surface area contributed by atoms with Crippen molar-refractivity contribution in [2.75, 3.05) is 11.9 Å². The van der Waals surface area contributed by atoms with Gasteiger partial charge in [-0.3, -0.25) is 4.79 Å². The van der Waals surface area contributed by atoms with Crippen molar-refractivity contribution in [2.45, 2.75) is 39.2 Å². The topological polar surface area (TPSA) is 102 Å². The molecule has 0 spiro atoms. The Morgan fingerprint density at radius 3 is 2.68 bits per heavy atom. The van der Waals surface area contributed by atoms with Crippen molar-refractivity contribution >= 4 is 11.6 Å². The molecule has 1 amide bonds. The van der Waals surface area contributed by atoms with Crippen LogP contribution in [0.5, 0.6) is 11.5 Å². The number of rotatable bonds is 12. The number of carbonyl (C=O) groups is 1. The van der Waals surface area contributed by atoms with Gasteiger partial charge in [0.05, 0.1) is 5.69 Å². The van der Waals surface area contributed by atoms with Crippen molar-refractivity contribution in [1.29, 1.82) is 0 Å². The van der Waals surface area contributed by atoms with Gasteiger partial charge in [0.15, 0.2) is 5.82 Å². The molecule has 2 aromatic carbocycles. The molecule has 2 N–H and O–H groups in total. The minimum absolute atomic E-state index is 0.166. The zero-order valence-electron chi connectivity index (χ0n) is 17.6. The first-order valence-electron chi connectivity index (χ1n) is 10.4. The third kappa shape index (κ3) is 7.26. The normalized spacial score (nSPS) is 10.9. The van der Waals surface area contributed by atoms with Crippen LogP contribution >= 0.6 is 0 Å². The lowest BCUT2D eigenvalue weighted by atomic mass is 10.2. The Balaban J connectivity index is 1.50. The molecule has 0 radical (unpaired) electrons. The zero-order valence-corrected chi connectivity index (χ0v) is 17.6. The molecule has 31 heavy (non-hydrogen) atoms. The van der Waals surface area contributed by atoms with E-state index in [1.165, 1.54) is 19.3 Å². The van der Waals surface area contributed by atoms with Crippen molar-refractivity contribution in [2.24, 2.45) is 0 Å². The zero-order chi connectivity index (χ0) is 21.7. The number of anilines is 1. The lowest BCUT2D eigenvalue weighted by molar-refractivity contribution is 0.102. The number of para-hydroxylation sites is 2. The summed E-state index contributed by atoms with van der Waals surface area (Å²) in [5, 5.41) is 16.3. The van der Waals surface area contributed by atoms with Gasteiger partial charge < -0.3 is 14.8 Å². The molecular formula is C23H27N5O3. The van der Waals surface area contributed by atoms with Crippen LogP contribution in [0.25, 0.3) is 0 Å². The first-order valence-corrected chi connectivity index (χ1v) is 10.4. The third-order valence-electron chi connectivity index (χ3n) is 4.49. The molecule has 8 heteroatoms. The van der Waals surface area contributed by atoms with Crippen LogP contribution in [0.4, 0.5) is 5.69 Å². The van der Waals surface area contributed by atoms with E-state index in [9.17, 15) is 4.79 Å². The summed E-state index contributed by atoms with van der Waals surface area (Å²) in [7, 11) is 0. The number of nitrogens with zero attached hydrogens (tertiary/aromatic N) is 3. The van der Waals surface area contributed by atoms with Crippen molar-refractivity contribution in [1.82, 2.24) is 20.6 Å². The Hall–Kier alpha value is -3.68. The smallest absolute Gasteiger partial charge is 0.255 e. The van der Waals surface area contributed by atoms with E-state index in [0.29, 0.717) is 29.4 Å². The number of allylic oxidation sites excluding steroid dienone is 1. The van der Waals surface area contributed by atoms with Crippen LogP contribution in [0.15, 0.2) is 60.7 Å². The maximum absolute atomic E-state index is 12.6. The van der Waals surface area contributed by atoms with Crippen molar-refractivity contribution in [3.05, 3.63) is 72.1 Å². The maximum Gasteiger partial charge on any atom is 0.255 e. The van der Waals surface area contributed by atoms with Gasteiger partial charge in [-0.25, -0.2) is 5.10 Å². The fraction of sp³-hybridized carbons (Fsp3) is 0.304. The molecular weight excluding hydrogens is 394 g/mol. The van der Waals surface area contributed by atoms with Gasteiger partial charge in [0.2, 0.25) is 0 Å². The van der Waals surface area contributed by atoms with Crippen LogP contribution < -0.4 is 14.8 Å². The number of ether oxygens (including phenoxy) is 2. The number of amides is 1. The van der Waals surface area contributed by atoms with E-state index in [4.69, 9.17) is 9.47 Å². The van der Waals surface area contributed by atoms with Crippen molar-refractivity contribution in [3.63, 3.8) is 0 Å². The third-order valence-corrected chi connectivity index (χ3v) is 4.49. The van der Waals surface area contributed by atoms with Crippen LogP contribution in [0.2, 0.25) is 0 Å². The molecule has 0 bridgehead atoms. The molecule has 0 atom stereocenters. The molecule has 0 aliphatic rings. The molecule has 0 fully saturated rings. The summed E-state index contributed by atoms with van der Waals surface area (Å²) in [5.41, 5.74) is 1.09. The number of H-pyrrole nitrogens is 1. The number of nitrogens with one attached hydrogen (secondary N) is 2. The van der Waals surface area contributed by atoms with Gasteiger partial charge in [0.25, 0.3) is 5.91 Å². The summed E-state index contributed by atoms with van der Waals surface area (Å²) in [4.78, 5) is 12.6. The monoisotopic (exact) mass is 421 g/mol. The van der Waals surface area contributed by atoms with E-state index in [2.05, 4.69) is 38.9 Å².